The Balaban J connectivity index is 1.65. The second-order valence-corrected chi connectivity index (χ2v) is 7.40. The summed E-state index contributed by atoms with van der Waals surface area (Å²) < 4.78 is 0. The molecule has 0 heterocycles. The molecule has 1 nitrogen and oxygen atoms in total. The normalized spacial score (nSPS) is 50.1. The Hall–Kier alpha value is -0.300. The topological polar surface area (TPSA) is 26.0 Å². The number of nitrogens with two attached hydrogens (primary N) is 1. The van der Waals surface area contributed by atoms with Crippen molar-refractivity contribution in [3.63, 3.8) is 0 Å². The van der Waals surface area contributed by atoms with Crippen LogP contribution in [0.1, 0.15) is 44.9 Å². The lowest BCUT2D eigenvalue weighted by atomic mass is 9.46. The molecule has 0 atom stereocenters. The Bertz CT molecular complexity index is 307. The fourth-order valence-corrected chi connectivity index (χ4v) is 6.22. The highest BCUT2D eigenvalue weighted by atomic mass is 14.7. The summed E-state index contributed by atoms with van der Waals surface area (Å²) in [4.78, 5) is 0. The second kappa shape index (κ2) is 3.60. The Morgan fingerprint density at radius 1 is 0.882 bits per heavy atom. The molecular weight excluding hydrogens is 206 g/mol. The van der Waals surface area contributed by atoms with Gasteiger partial charge in [0, 0.05) is 0 Å². The summed E-state index contributed by atoms with van der Waals surface area (Å²) in [5, 5.41) is 0. The third kappa shape index (κ3) is 1.41. The van der Waals surface area contributed by atoms with Crippen LogP contribution in [0.15, 0.2) is 12.2 Å². The lowest BCUT2D eigenvalue weighted by Gasteiger charge is -2.59. The van der Waals surface area contributed by atoms with Crippen LogP contribution in [0.3, 0.4) is 0 Å². The van der Waals surface area contributed by atoms with Gasteiger partial charge in [-0.3, -0.25) is 0 Å². The minimum absolute atomic E-state index is 0.475. The first kappa shape index (κ1) is 10.6. The Labute approximate surface area is 105 Å². The van der Waals surface area contributed by atoms with Crippen molar-refractivity contribution in [2.45, 2.75) is 44.9 Å². The molecule has 0 aromatic heterocycles. The Kier molecular flexibility index (Phi) is 2.25. The standard InChI is InChI=1S/C16H25N/c17-10-16(3-1-2-4-16)15-13-6-11-5-12(8-13)9-14(15)7-11/h1-2,11-15H,3-10,17H2. The quantitative estimate of drug-likeness (QED) is 0.725. The molecule has 0 aromatic rings. The first-order valence-electron chi connectivity index (χ1n) is 7.66. The van der Waals surface area contributed by atoms with E-state index in [1.165, 1.54) is 12.8 Å². The van der Waals surface area contributed by atoms with E-state index in [9.17, 15) is 0 Å². The number of hydrogen-bond donors (Lipinski definition) is 1. The van der Waals surface area contributed by atoms with Crippen molar-refractivity contribution >= 4 is 0 Å². The third-order valence-corrected chi connectivity index (χ3v) is 6.56. The van der Waals surface area contributed by atoms with E-state index in [0.29, 0.717) is 5.41 Å². The summed E-state index contributed by atoms with van der Waals surface area (Å²) in [6.45, 7) is 0.924. The van der Waals surface area contributed by atoms with Gasteiger partial charge in [-0.25, -0.2) is 0 Å². The molecule has 1 heteroatoms. The monoisotopic (exact) mass is 231 g/mol. The second-order valence-electron chi connectivity index (χ2n) is 7.40. The Morgan fingerprint density at radius 2 is 1.41 bits per heavy atom. The number of allylic oxidation sites excluding steroid dienone is 2. The SMILES string of the molecule is NCC1(C2C3CC4CC(C3)CC2C4)CC=CC1. The van der Waals surface area contributed by atoms with E-state index in [1.54, 1.807) is 32.1 Å². The molecule has 5 rings (SSSR count). The van der Waals surface area contributed by atoms with E-state index in [2.05, 4.69) is 12.2 Å². The van der Waals surface area contributed by atoms with Gasteiger partial charge in [0.2, 0.25) is 0 Å². The van der Waals surface area contributed by atoms with Crippen LogP contribution in [0.25, 0.3) is 0 Å². The maximum Gasteiger partial charge on any atom is -0.00117 e. The van der Waals surface area contributed by atoms with Gasteiger partial charge >= 0.3 is 0 Å². The summed E-state index contributed by atoms with van der Waals surface area (Å²) in [7, 11) is 0. The van der Waals surface area contributed by atoms with E-state index >= 15 is 0 Å². The molecule has 4 fully saturated rings. The predicted molar refractivity (Wildman–Crippen MR) is 70.4 cm³/mol. The van der Waals surface area contributed by atoms with Gasteiger partial charge in [0.25, 0.3) is 0 Å². The maximum absolute atomic E-state index is 6.21. The molecular formula is C16H25N. The van der Waals surface area contributed by atoms with Gasteiger partial charge < -0.3 is 5.73 Å². The molecule has 0 radical (unpaired) electrons. The van der Waals surface area contributed by atoms with Crippen molar-refractivity contribution in [3.8, 4) is 0 Å². The lowest BCUT2D eigenvalue weighted by molar-refractivity contribution is -0.0910. The maximum atomic E-state index is 6.21. The van der Waals surface area contributed by atoms with E-state index in [1.807, 2.05) is 0 Å². The van der Waals surface area contributed by atoms with E-state index in [0.717, 1.165) is 36.1 Å². The zero-order valence-corrected chi connectivity index (χ0v) is 10.8. The molecule has 0 aliphatic heterocycles. The van der Waals surface area contributed by atoms with Gasteiger partial charge in [-0.2, -0.15) is 0 Å². The molecule has 4 saturated carbocycles. The minimum atomic E-state index is 0.475. The summed E-state index contributed by atoms with van der Waals surface area (Å²) in [5.74, 6) is 5.23. The fraction of sp³-hybridized carbons (Fsp3) is 0.875. The summed E-state index contributed by atoms with van der Waals surface area (Å²) >= 11 is 0. The molecule has 5 aliphatic rings. The van der Waals surface area contributed by atoms with Crippen LogP contribution in [-0.2, 0) is 0 Å². The average Bonchev–Trinajstić information content (AvgIpc) is 2.77. The van der Waals surface area contributed by atoms with Crippen LogP contribution in [0.2, 0.25) is 0 Å². The molecule has 2 N–H and O–H groups in total. The van der Waals surface area contributed by atoms with Crippen LogP contribution in [-0.4, -0.2) is 6.54 Å². The van der Waals surface area contributed by atoms with Crippen LogP contribution in [0.4, 0.5) is 0 Å². The smallest absolute Gasteiger partial charge is 0.00117 e. The highest BCUT2D eigenvalue weighted by Crippen LogP contribution is 2.62. The summed E-state index contributed by atoms with van der Waals surface area (Å²) in [5.41, 5.74) is 6.68. The van der Waals surface area contributed by atoms with E-state index in [-0.39, 0.29) is 0 Å². The summed E-state index contributed by atoms with van der Waals surface area (Å²) in [6, 6.07) is 0. The van der Waals surface area contributed by atoms with Crippen molar-refractivity contribution < 1.29 is 0 Å². The van der Waals surface area contributed by atoms with Crippen molar-refractivity contribution in [3.05, 3.63) is 12.2 Å². The van der Waals surface area contributed by atoms with Gasteiger partial charge in [0.15, 0.2) is 0 Å². The van der Waals surface area contributed by atoms with Crippen molar-refractivity contribution in [1.29, 1.82) is 0 Å². The highest BCUT2D eigenvalue weighted by Gasteiger charge is 2.54. The zero-order chi connectivity index (χ0) is 11.5. The predicted octanol–water partition coefficient (Wildman–Crippen LogP) is 3.35. The minimum Gasteiger partial charge on any atom is -0.330 e. The van der Waals surface area contributed by atoms with Gasteiger partial charge in [-0.05, 0) is 86.5 Å². The molecule has 94 valence electrons. The Morgan fingerprint density at radius 3 is 1.88 bits per heavy atom. The molecule has 5 aliphatic carbocycles. The fourth-order valence-electron chi connectivity index (χ4n) is 6.22. The van der Waals surface area contributed by atoms with E-state index in [4.69, 9.17) is 5.73 Å². The van der Waals surface area contributed by atoms with Gasteiger partial charge in [0.05, 0.1) is 0 Å². The molecule has 17 heavy (non-hydrogen) atoms. The first-order chi connectivity index (χ1) is 8.31. The average molecular weight is 231 g/mol. The molecule has 4 bridgehead atoms. The number of hydrogen-bond acceptors (Lipinski definition) is 1. The van der Waals surface area contributed by atoms with Crippen molar-refractivity contribution in [2.24, 2.45) is 40.7 Å². The highest BCUT2D eigenvalue weighted by molar-refractivity contribution is 5.12. The van der Waals surface area contributed by atoms with Crippen LogP contribution in [0.5, 0.6) is 0 Å². The molecule has 0 spiro atoms. The summed E-state index contributed by atoms with van der Waals surface area (Å²) in [6.07, 6.45) is 15.1. The van der Waals surface area contributed by atoms with Crippen LogP contribution >= 0.6 is 0 Å². The largest absolute Gasteiger partial charge is 0.330 e. The zero-order valence-electron chi connectivity index (χ0n) is 10.8. The van der Waals surface area contributed by atoms with Crippen molar-refractivity contribution in [2.75, 3.05) is 6.54 Å². The number of rotatable bonds is 2. The molecule has 0 amide bonds. The molecule has 0 saturated heterocycles. The van der Waals surface area contributed by atoms with E-state index < -0.39 is 0 Å². The first-order valence-corrected chi connectivity index (χ1v) is 7.66. The molecule has 0 unspecified atom stereocenters. The van der Waals surface area contributed by atoms with Crippen molar-refractivity contribution in [1.82, 2.24) is 0 Å². The van der Waals surface area contributed by atoms with Crippen LogP contribution in [0, 0.1) is 35.0 Å². The van der Waals surface area contributed by atoms with Crippen LogP contribution < -0.4 is 5.73 Å². The lowest BCUT2D eigenvalue weighted by Crippen LogP contribution is -2.53. The van der Waals surface area contributed by atoms with Gasteiger partial charge in [-0.1, -0.05) is 12.2 Å². The van der Waals surface area contributed by atoms with Gasteiger partial charge in [-0.15, -0.1) is 0 Å². The van der Waals surface area contributed by atoms with Gasteiger partial charge in [0.1, 0.15) is 0 Å². The third-order valence-electron chi connectivity index (χ3n) is 6.56. The molecule has 0 aromatic carbocycles.